The molecule has 0 spiro atoms. The number of halogens is 8. The van der Waals surface area contributed by atoms with Gasteiger partial charge in [-0.1, -0.05) is 156 Å². The van der Waals surface area contributed by atoms with E-state index in [1.54, 1.807) is 91.5 Å². The third-order valence-corrected chi connectivity index (χ3v) is 22.2. The molecule has 0 aliphatic carbocycles. The third-order valence-electron chi connectivity index (χ3n) is 20.0. The topological polar surface area (TPSA) is 606 Å². The van der Waals surface area contributed by atoms with Gasteiger partial charge in [-0.15, -0.1) is 40.8 Å². The number of amides is 8. The molecule has 8 aromatic carbocycles. The largest absolute Gasteiger partial charge is 0.434 e. The summed E-state index contributed by atoms with van der Waals surface area (Å²) >= 11 is 51.3. The van der Waals surface area contributed by atoms with Gasteiger partial charge in [-0.25, -0.2) is 39.6 Å². The van der Waals surface area contributed by atoms with Crippen molar-refractivity contribution in [2.45, 2.75) is 0 Å². The molecule has 0 radical (unpaired) electrons. The molecule has 0 saturated carbocycles. The highest BCUT2D eigenvalue weighted by atomic mass is 35.5. The van der Waals surface area contributed by atoms with Crippen LogP contribution >= 0.6 is 92.8 Å². The summed E-state index contributed by atoms with van der Waals surface area (Å²) in [6.45, 7) is 14.4. The summed E-state index contributed by atoms with van der Waals surface area (Å²) in [6.07, 6.45) is 6.30. The van der Waals surface area contributed by atoms with E-state index >= 15 is 0 Å². The molecule has 8 aromatic heterocycles. The van der Waals surface area contributed by atoms with E-state index in [1.807, 2.05) is 30.3 Å². The van der Waals surface area contributed by atoms with Gasteiger partial charge in [0.1, 0.15) is 0 Å². The lowest BCUT2D eigenvalue weighted by Gasteiger charge is -2.24. The van der Waals surface area contributed by atoms with Crippen molar-refractivity contribution in [2.24, 2.45) is 43.3 Å². The fourth-order valence-electron chi connectivity index (χ4n) is 13.3. The summed E-state index contributed by atoms with van der Waals surface area (Å²) in [6, 6.07) is 43.2. The zero-order chi connectivity index (χ0) is 98.8. The Bertz CT molecular complexity index is 7820. The number of hydrogen-bond acceptors (Lipinski definition) is 32. The quantitative estimate of drug-likeness (QED) is 0.0427. The molecule has 0 unspecified atom stereocenters. The van der Waals surface area contributed by atoms with E-state index < -0.39 is 46.4 Å². The fraction of sp³-hybridized carbons (Fsp3) is 0. The van der Waals surface area contributed by atoms with Gasteiger partial charge < -0.3 is 63.1 Å². The van der Waals surface area contributed by atoms with Gasteiger partial charge in [-0.2, -0.15) is 60.8 Å². The highest BCUT2D eigenvalue weighted by Crippen LogP contribution is 2.47. The van der Waals surface area contributed by atoms with Crippen molar-refractivity contribution in [3.05, 3.63) is 325 Å². The third kappa shape index (κ3) is 20.2. The lowest BCUT2D eigenvalue weighted by Crippen LogP contribution is -2.45. The van der Waals surface area contributed by atoms with Crippen LogP contribution in [0.1, 0.15) is 0 Å². The minimum absolute atomic E-state index is 0.0272. The van der Waals surface area contributed by atoms with E-state index in [2.05, 4.69) is 150 Å². The average molecular weight is 2040 g/mol. The molecule has 4 aliphatic heterocycles. The number of nitrogens with zero attached hydrogens (tertiary/aromatic N) is 20. The van der Waals surface area contributed by atoms with Crippen molar-refractivity contribution in [3.63, 3.8) is 0 Å². The molecule has 140 heavy (non-hydrogen) atoms. The summed E-state index contributed by atoms with van der Waals surface area (Å²) in [5.74, 6) is 0.518. The number of carbonyl (C=O) groups is 4. The second-order valence-corrected chi connectivity index (χ2v) is 32.5. The lowest BCUT2D eigenvalue weighted by atomic mass is 10.1. The number of ether oxygens (including phenoxy) is 4. The van der Waals surface area contributed by atoms with Gasteiger partial charge >= 0.3 is 24.1 Å². The van der Waals surface area contributed by atoms with Crippen LogP contribution in [0.15, 0.2) is 283 Å². The first-order valence-electron chi connectivity index (χ1n) is 39.7. The maximum Gasteiger partial charge on any atom is 0.347 e. The Balaban J connectivity index is 0.000000129. The van der Waals surface area contributed by atoms with E-state index in [9.17, 15) is 38.4 Å². The number of rotatable bonds is 16. The maximum absolute atomic E-state index is 12.5. The summed E-state index contributed by atoms with van der Waals surface area (Å²) < 4.78 is 23.4. The molecule has 0 fully saturated rings. The molecule has 12 heterocycles. The van der Waals surface area contributed by atoms with Crippen molar-refractivity contribution in [1.29, 1.82) is 0 Å². The van der Waals surface area contributed by atoms with Crippen molar-refractivity contribution in [3.8, 4) is 91.0 Å². The van der Waals surface area contributed by atoms with Gasteiger partial charge in [-0.05, 0) is 131 Å². The van der Waals surface area contributed by atoms with Crippen LogP contribution in [-0.2, 0) is 0 Å². The molecule has 16 N–H and O–H groups in total. The number of nitrogens with one attached hydrogen (secondary N) is 8. The van der Waals surface area contributed by atoms with E-state index in [-0.39, 0.29) is 156 Å². The number of carbonyl (C=O) groups excluding carboxylic acids is 4. The number of H-pyrrole nitrogens is 4. The molecular formula is C88H56Cl8N32O12. The van der Waals surface area contributed by atoms with Gasteiger partial charge in [-0.3, -0.25) is 19.2 Å². The second kappa shape index (κ2) is 39.6. The van der Waals surface area contributed by atoms with Gasteiger partial charge in [0.2, 0.25) is 23.5 Å². The van der Waals surface area contributed by atoms with Crippen LogP contribution in [0.2, 0.25) is 40.2 Å². The van der Waals surface area contributed by atoms with Crippen LogP contribution in [0.4, 0.5) is 41.9 Å². The van der Waals surface area contributed by atoms with Crippen molar-refractivity contribution in [1.82, 2.24) is 103 Å². The molecule has 4 aliphatic rings. The highest BCUT2D eigenvalue weighted by molar-refractivity contribution is 6.40. The zero-order valence-corrected chi connectivity index (χ0v) is 76.5. The number of hydrazone groups is 4. The normalized spacial score (nSPS) is 13.5. The average Bonchev–Trinajstić information content (AvgIpc) is 0.782. The maximum atomic E-state index is 12.5. The Labute approximate surface area is 821 Å². The van der Waals surface area contributed by atoms with E-state index in [0.29, 0.717) is 66.6 Å². The first-order chi connectivity index (χ1) is 67.2. The number of aromatic nitrogens is 16. The number of benzene rings is 8. The zero-order valence-electron chi connectivity index (χ0n) is 70.5. The van der Waals surface area contributed by atoms with Crippen LogP contribution in [-0.4, -0.2) is 129 Å². The highest BCUT2D eigenvalue weighted by Gasteiger charge is 2.32. The molecular weight excluding hydrogens is 1980 g/mol. The molecule has 44 nitrogen and oxygen atoms in total. The van der Waals surface area contributed by atoms with Crippen LogP contribution in [0.3, 0.4) is 0 Å². The number of fused-ring (bicyclic) bond motifs is 4. The number of aromatic amines is 4. The molecule has 16 aromatic rings. The number of hydrogen-bond donors (Lipinski definition) is 12. The first-order valence-corrected chi connectivity index (χ1v) is 42.7. The predicted molar refractivity (Wildman–Crippen MR) is 527 cm³/mol. The Morgan fingerprint density at radius 3 is 0.871 bits per heavy atom. The Morgan fingerprint density at radius 1 is 0.279 bits per heavy atom. The minimum Gasteiger partial charge on any atom is -0.434 e. The number of anilines is 4. The van der Waals surface area contributed by atoms with Gasteiger partial charge in [0.25, 0.3) is 22.2 Å². The molecule has 20 rings (SSSR count). The van der Waals surface area contributed by atoms with Crippen LogP contribution in [0, 0.1) is 0 Å². The van der Waals surface area contributed by atoms with E-state index in [0.717, 1.165) is 41.6 Å². The van der Waals surface area contributed by atoms with Gasteiger partial charge in [0, 0.05) is 45.8 Å². The van der Waals surface area contributed by atoms with E-state index in [4.69, 9.17) is 135 Å². The second-order valence-electron chi connectivity index (χ2n) is 29.2. The molecule has 0 saturated heterocycles. The molecule has 0 atom stereocenters. The SMILES string of the molecule is C=C1NC(=O)N(c2cc(Cl)c(Oc3cc(-c4ccc5ccnnc5c4)c(=O)[nH]n3)c(Cl)c2)N=C1N.C=C1NC(=O)N(c2cc(Cl)c(Oc3cc(-c4ccc5nnccc5c4)c(=O)[nH]n3)c(Cl)c2)N=C1N.C=C1NC(=O)N(c2cc(Cl)c(Oc3n[nH]c(=O)cc3-c3ccc4ccnnc4c3)c(Cl)c2)N=C1N.C=C1NC(=O)N(c2cc(Cl)c(Oc3n[nH]c(=O)cc3-c3ccc4nnccc4c3)c(Cl)c2)N=C1N. The fourth-order valence-corrected chi connectivity index (χ4v) is 15.5. The summed E-state index contributed by atoms with van der Waals surface area (Å²) in [4.78, 5) is 98.1. The predicted octanol–water partition coefficient (Wildman–Crippen LogP) is 15.2. The number of nitrogens with two attached hydrogens (primary N) is 4. The molecule has 0 bridgehead atoms. The molecule has 52 heteroatoms. The Morgan fingerprint density at radius 2 is 0.550 bits per heavy atom. The standard InChI is InChI=1S/4C22H14Cl2N8O3/c1-10-20(25)31-32(22(34)27-10)13-7-15(23)19(16(24)8-13)35-18-9-14(21(33)30-29-18)11-2-3-17-12(6-11)4-5-26-28-17;1-10-20(25)31-32(22(34)27-10)13-7-15(23)19(16(24)8-13)35-21-14(9-18(33)29-30-21)11-2-3-17-12(6-11)4-5-26-28-17;1-10-20(25)31-32(22(34)27-10)13-7-15(23)19(16(24)8-13)35-18-9-14(21(33)30-29-18)12-3-2-11-4-5-26-28-17(11)6-12;1-10-20(25)31-32(22(34)27-10)13-7-15(23)19(16(24)8-13)35-21-14(9-18(33)29-30-21)12-3-2-11-4-5-26-28-17(11)6-12/h2-9H,1H2,(H2,25,31)(H,27,34)(H,30,33);2-9H,1H2,(H2,25,31)(H,27,34)(H,29,33);2-9H,1H2,(H2,25,31)(H,27,34)(H,30,33);2-9H,1H2,(H2,25,31)(H,27,34)(H,29,33). The Kier molecular flexibility index (Phi) is 26.5. The van der Waals surface area contributed by atoms with Crippen LogP contribution < -0.4 is 105 Å². The summed E-state index contributed by atoms with van der Waals surface area (Å²) in [5, 5.41) is 90.8. The van der Waals surface area contributed by atoms with Crippen molar-refractivity contribution >= 4 is 207 Å². The summed E-state index contributed by atoms with van der Waals surface area (Å²) in [7, 11) is 0. The van der Waals surface area contributed by atoms with Crippen LogP contribution in [0.5, 0.6) is 46.5 Å². The van der Waals surface area contributed by atoms with Crippen LogP contribution in [0.25, 0.3) is 88.1 Å². The molecule has 8 amide bonds. The van der Waals surface area contributed by atoms with Gasteiger partial charge in [0.05, 0.1) is 155 Å². The monoisotopic (exact) mass is 2030 g/mol. The van der Waals surface area contributed by atoms with Crippen molar-refractivity contribution < 1.29 is 38.1 Å². The first kappa shape index (κ1) is 93.9. The van der Waals surface area contributed by atoms with Gasteiger partial charge in [0.15, 0.2) is 46.3 Å². The number of urea groups is 4. The lowest BCUT2D eigenvalue weighted by molar-refractivity contribution is 0.247. The minimum atomic E-state index is -0.589. The number of amidine groups is 4. The smallest absolute Gasteiger partial charge is 0.347 e. The van der Waals surface area contributed by atoms with E-state index in [1.165, 1.54) is 72.8 Å². The van der Waals surface area contributed by atoms with Crippen molar-refractivity contribution in [2.75, 3.05) is 20.0 Å². The molecule has 696 valence electrons. The summed E-state index contributed by atoms with van der Waals surface area (Å²) in [5.41, 5.74) is 29.5. The Hall–Kier alpha value is -17.9.